The number of amides is 1. The molecule has 2 aromatic rings. The van der Waals surface area contributed by atoms with Crippen LogP contribution in [0.15, 0.2) is 28.8 Å². The Morgan fingerprint density at radius 1 is 1.38 bits per heavy atom. The third kappa shape index (κ3) is 3.28. The van der Waals surface area contributed by atoms with E-state index in [-0.39, 0.29) is 11.8 Å². The number of aromatic nitrogens is 1. The van der Waals surface area contributed by atoms with Crippen LogP contribution < -0.4 is 4.74 Å². The van der Waals surface area contributed by atoms with E-state index in [1.54, 1.807) is 24.1 Å². The zero-order valence-corrected chi connectivity index (χ0v) is 14.2. The number of rotatable bonds is 4. The van der Waals surface area contributed by atoms with Crippen LogP contribution in [0, 0.1) is 19.8 Å². The minimum Gasteiger partial charge on any atom is -0.497 e. The van der Waals surface area contributed by atoms with Gasteiger partial charge in [0.2, 0.25) is 0 Å². The Labute approximate surface area is 141 Å². The molecular formula is C18H22N2O4. The van der Waals surface area contributed by atoms with Crippen molar-refractivity contribution in [1.82, 2.24) is 10.1 Å². The third-order valence-corrected chi connectivity index (χ3v) is 4.50. The SMILES string of the molecule is COc1ccc(C(=O)N2CC(O)C(Cc3cc(C)no3)C2)c(C)c1. The van der Waals surface area contributed by atoms with Gasteiger partial charge in [0, 0.05) is 37.1 Å². The number of β-amino-alcohol motifs (C(OH)–C–C–N with tert-alkyl or cyclic N) is 1. The van der Waals surface area contributed by atoms with Crippen LogP contribution in [-0.2, 0) is 6.42 Å². The zero-order chi connectivity index (χ0) is 17.3. The first-order chi connectivity index (χ1) is 11.5. The van der Waals surface area contributed by atoms with Crippen molar-refractivity contribution in [3.05, 3.63) is 46.8 Å². The highest BCUT2D eigenvalue weighted by atomic mass is 16.5. The highest BCUT2D eigenvalue weighted by Gasteiger charge is 2.35. The number of aliphatic hydroxyl groups is 1. The summed E-state index contributed by atoms with van der Waals surface area (Å²) in [5, 5.41) is 14.2. The van der Waals surface area contributed by atoms with Crippen molar-refractivity contribution in [2.45, 2.75) is 26.4 Å². The molecule has 2 heterocycles. The van der Waals surface area contributed by atoms with Gasteiger partial charge in [-0.05, 0) is 37.6 Å². The summed E-state index contributed by atoms with van der Waals surface area (Å²) in [4.78, 5) is 14.5. The molecule has 1 aromatic carbocycles. The topological polar surface area (TPSA) is 75.8 Å². The highest BCUT2D eigenvalue weighted by Crippen LogP contribution is 2.25. The van der Waals surface area contributed by atoms with Crippen LogP contribution in [0.3, 0.4) is 0 Å². The fourth-order valence-corrected chi connectivity index (χ4v) is 3.16. The predicted molar refractivity (Wildman–Crippen MR) is 88.1 cm³/mol. The molecule has 6 heteroatoms. The van der Waals surface area contributed by atoms with Gasteiger partial charge >= 0.3 is 0 Å². The molecule has 0 spiro atoms. The van der Waals surface area contributed by atoms with E-state index in [1.807, 2.05) is 26.0 Å². The monoisotopic (exact) mass is 330 g/mol. The number of aliphatic hydroxyl groups excluding tert-OH is 1. The number of likely N-dealkylation sites (tertiary alicyclic amines) is 1. The normalized spacial score (nSPS) is 20.4. The van der Waals surface area contributed by atoms with Crippen LogP contribution in [0.4, 0.5) is 0 Å². The first kappa shape index (κ1) is 16.5. The molecule has 6 nitrogen and oxygen atoms in total. The van der Waals surface area contributed by atoms with Crippen molar-refractivity contribution in [3.8, 4) is 5.75 Å². The van der Waals surface area contributed by atoms with Gasteiger partial charge in [0.25, 0.3) is 5.91 Å². The minimum atomic E-state index is -0.557. The number of hydrogen-bond acceptors (Lipinski definition) is 5. The molecule has 0 radical (unpaired) electrons. The predicted octanol–water partition coefficient (Wildman–Crippen LogP) is 1.98. The van der Waals surface area contributed by atoms with E-state index in [4.69, 9.17) is 9.26 Å². The molecule has 1 aromatic heterocycles. The lowest BCUT2D eigenvalue weighted by molar-refractivity contribution is 0.0764. The van der Waals surface area contributed by atoms with Gasteiger partial charge in [0.05, 0.1) is 18.9 Å². The fraction of sp³-hybridized carbons (Fsp3) is 0.444. The minimum absolute atomic E-state index is 0.0418. The third-order valence-electron chi connectivity index (χ3n) is 4.50. The van der Waals surface area contributed by atoms with Crippen LogP contribution in [0.25, 0.3) is 0 Å². The Morgan fingerprint density at radius 3 is 2.79 bits per heavy atom. The molecule has 3 rings (SSSR count). The van der Waals surface area contributed by atoms with Crippen molar-refractivity contribution in [2.75, 3.05) is 20.2 Å². The van der Waals surface area contributed by atoms with Gasteiger partial charge in [-0.2, -0.15) is 0 Å². The summed E-state index contributed by atoms with van der Waals surface area (Å²) in [6.45, 7) is 4.59. The molecule has 1 aliphatic rings. The highest BCUT2D eigenvalue weighted by molar-refractivity contribution is 5.96. The number of aryl methyl sites for hydroxylation is 2. The lowest BCUT2D eigenvalue weighted by Crippen LogP contribution is -2.30. The Balaban J connectivity index is 1.70. The number of methoxy groups -OCH3 is 1. The summed E-state index contributed by atoms with van der Waals surface area (Å²) in [5.74, 6) is 1.36. The Hall–Kier alpha value is -2.34. The number of carbonyl (C=O) groups excluding carboxylic acids is 1. The maximum Gasteiger partial charge on any atom is 0.254 e. The molecule has 1 aliphatic heterocycles. The smallest absolute Gasteiger partial charge is 0.254 e. The molecule has 0 saturated carbocycles. The molecule has 1 N–H and O–H groups in total. The molecule has 2 atom stereocenters. The summed E-state index contributed by atoms with van der Waals surface area (Å²) >= 11 is 0. The first-order valence-electron chi connectivity index (χ1n) is 8.02. The van der Waals surface area contributed by atoms with Crippen molar-refractivity contribution in [1.29, 1.82) is 0 Å². The van der Waals surface area contributed by atoms with E-state index in [0.29, 0.717) is 25.1 Å². The van der Waals surface area contributed by atoms with Crippen molar-refractivity contribution < 1.29 is 19.2 Å². The number of carbonyl (C=O) groups is 1. The van der Waals surface area contributed by atoms with Crippen LogP contribution in [0.5, 0.6) is 5.75 Å². The lowest BCUT2D eigenvalue weighted by atomic mass is 10.0. The summed E-state index contributed by atoms with van der Waals surface area (Å²) < 4.78 is 10.4. The number of benzene rings is 1. The molecule has 1 fully saturated rings. The van der Waals surface area contributed by atoms with Crippen molar-refractivity contribution >= 4 is 5.91 Å². The van der Waals surface area contributed by atoms with E-state index in [2.05, 4.69) is 5.16 Å². The second kappa shape index (κ2) is 6.65. The second-order valence-corrected chi connectivity index (χ2v) is 6.36. The van der Waals surface area contributed by atoms with Crippen LogP contribution in [-0.4, -0.2) is 47.4 Å². The lowest BCUT2D eigenvalue weighted by Gasteiger charge is -2.17. The van der Waals surface area contributed by atoms with E-state index >= 15 is 0 Å². The van der Waals surface area contributed by atoms with Crippen molar-refractivity contribution in [2.24, 2.45) is 5.92 Å². The number of hydrogen-bond donors (Lipinski definition) is 1. The molecular weight excluding hydrogens is 308 g/mol. The van der Waals surface area contributed by atoms with E-state index in [0.717, 1.165) is 22.8 Å². The number of ether oxygens (including phenoxy) is 1. The molecule has 0 aliphatic carbocycles. The molecule has 1 amide bonds. The summed E-state index contributed by atoms with van der Waals surface area (Å²) in [5.41, 5.74) is 2.32. The number of nitrogens with zero attached hydrogens (tertiary/aromatic N) is 2. The van der Waals surface area contributed by atoms with Crippen LogP contribution in [0.1, 0.15) is 27.4 Å². The van der Waals surface area contributed by atoms with Gasteiger partial charge in [-0.1, -0.05) is 5.16 Å². The van der Waals surface area contributed by atoms with Gasteiger partial charge in [-0.3, -0.25) is 4.79 Å². The average Bonchev–Trinajstić information content (AvgIpc) is 3.13. The Kier molecular flexibility index (Phi) is 4.57. The van der Waals surface area contributed by atoms with Gasteiger partial charge in [-0.15, -0.1) is 0 Å². The van der Waals surface area contributed by atoms with Crippen LogP contribution in [0.2, 0.25) is 0 Å². The zero-order valence-electron chi connectivity index (χ0n) is 14.2. The second-order valence-electron chi connectivity index (χ2n) is 6.36. The Bertz CT molecular complexity index is 740. The fourth-order valence-electron chi connectivity index (χ4n) is 3.16. The van der Waals surface area contributed by atoms with E-state index < -0.39 is 6.10 Å². The standard InChI is InChI=1S/C18H22N2O4/c1-11-6-14(23-3)4-5-16(11)18(22)20-9-13(17(21)10-20)8-15-7-12(2)19-24-15/h4-7,13,17,21H,8-10H2,1-3H3. The van der Waals surface area contributed by atoms with Crippen molar-refractivity contribution in [3.63, 3.8) is 0 Å². The largest absolute Gasteiger partial charge is 0.497 e. The molecule has 1 saturated heterocycles. The van der Waals surface area contributed by atoms with Crippen LogP contribution >= 0.6 is 0 Å². The quantitative estimate of drug-likeness (QED) is 0.927. The van der Waals surface area contributed by atoms with Gasteiger partial charge in [0.1, 0.15) is 11.5 Å². The van der Waals surface area contributed by atoms with Gasteiger partial charge in [-0.25, -0.2) is 0 Å². The summed E-state index contributed by atoms with van der Waals surface area (Å²) in [6.07, 6.45) is 0.0193. The average molecular weight is 330 g/mol. The van der Waals surface area contributed by atoms with Gasteiger partial charge in [0.15, 0.2) is 0 Å². The maximum absolute atomic E-state index is 12.8. The molecule has 128 valence electrons. The first-order valence-corrected chi connectivity index (χ1v) is 8.02. The van der Waals surface area contributed by atoms with Gasteiger partial charge < -0.3 is 19.3 Å². The van der Waals surface area contributed by atoms with E-state index in [9.17, 15) is 9.90 Å². The molecule has 0 bridgehead atoms. The molecule has 24 heavy (non-hydrogen) atoms. The molecule has 2 unspecified atom stereocenters. The van der Waals surface area contributed by atoms with E-state index in [1.165, 1.54) is 0 Å². The Morgan fingerprint density at radius 2 is 2.17 bits per heavy atom. The maximum atomic E-state index is 12.8. The summed E-state index contributed by atoms with van der Waals surface area (Å²) in [7, 11) is 1.60. The summed E-state index contributed by atoms with van der Waals surface area (Å²) in [6, 6.07) is 7.26.